The predicted molar refractivity (Wildman–Crippen MR) is 90.2 cm³/mol. The molecule has 0 bridgehead atoms. The lowest BCUT2D eigenvalue weighted by atomic mass is 10.1. The monoisotopic (exact) mass is 322 g/mol. The van der Waals surface area contributed by atoms with Crippen molar-refractivity contribution in [1.82, 2.24) is 0 Å². The molecule has 0 aliphatic heterocycles. The summed E-state index contributed by atoms with van der Waals surface area (Å²) in [4.78, 5) is 24.1. The maximum atomic E-state index is 12.1. The van der Waals surface area contributed by atoms with Crippen molar-refractivity contribution in [3.8, 4) is 6.07 Å². The van der Waals surface area contributed by atoms with Gasteiger partial charge in [0.25, 0.3) is 5.91 Å². The van der Waals surface area contributed by atoms with E-state index in [0.29, 0.717) is 11.3 Å². The molecule has 2 aromatic carbocycles. The van der Waals surface area contributed by atoms with Gasteiger partial charge in [-0.1, -0.05) is 36.4 Å². The number of anilines is 1. The lowest BCUT2D eigenvalue weighted by Gasteiger charge is -2.14. The van der Waals surface area contributed by atoms with Gasteiger partial charge >= 0.3 is 5.97 Å². The van der Waals surface area contributed by atoms with E-state index in [9.17, 15) is 9.59 Å². The Morgan fingerprint density at radius 1 is 1.17 bits per heavy atom. The SMILES string of the molecule is Cc1ccccc1CC(=O)O[C@H](C)C(=O)Nc1ccccc1C#N. The van der Waals surface area contributed by atoms with Crippen LogP contribution in [0.25, 0.3) is 0 Å². The van der Waals surface area contributed by atoms with E-state index in [1.807, 2.05) is 37.3 Å². The van der Waals surface area contributed by atoms with E-state index in [4.69, 9.17) is 10.00 Å². The van der Waals surface area contributed by atoms with E-state index in [1.54, 1.807) is 24.3 Å². The number of carbonyl (C=O) groups is 2. The van der Waals surface area contributed by atoms with Crippen molar-refractivity contribution in [2.45, 2.75) is 26.4 Å². The molecule has 0 saturated heterocycles. The van der Waals surface area contributed by atoms with Gasteiger partial charge in [-0.25, -0.2) is 0 Å². The number of rotatable bonds is 5. The number of para-hydroxylation sites is 1. The third kappa shape index (κ3) is 4.43. The molecule has 0 radical (unpaired) electrons. The summed E-state index contributed by atoms with van der Waals surface area (Å²) in [7, 11) is 0. The summed E-state index contributed by atoms with van der Waals surface area (Å²) in [6.07, 6.45) is -0.840. The fraction of sp³-hybridized carbons (Fsp3) is 0.211. The minimum atomic E-state index is -0.951. The number of amides is 1. The molecule has 2 aromatic rings. The van der Waals surface area contributed by atoms with Crippen molar-refractivity contribution in [3.63, 3.8) is 0 Å². The standard InChI is InChI=1S/C19H18N2O3/c1-13-7-3-4-8-15(13)11-18(22)24-14(2)19(23)21-17-10-6-5-9-16(17)12-20/h3-10,14H,11H2,1-2H3,(H,21,23)/t14-/m1/s1. The van der Waals surface area contributed by atoms with Crippen LogP contribution in [0.3, 0.4) is 0 Å². The van der Waals surface area contributed by atoms with Gasteiger partial charge in [0.1, 0.15) is 6.07 Å². The second-order valence-electron chi connectivity index (χ2n) is 5.38. The zero-order chi connectivity index (χ0) is 17.5. The van der Waals surface area contributed by atoms with Crippen LogP contribution in [0.5, 0.6) is 0 Å². The maximum Gasteiger partial charge on any atom is 0.311 e. The maximum absolute atomic E-state index is 12.1. The summed E-state index contributed by atoms with van der Waals surface area (Å²) in [5, 5.41) is 11.6. The third-order valence-corrected chi connectivity index (χ3v) is 3.58. The van der Waals surface area contributed by atoms with Crippen LogP contribution in [0.2, 0.25) is 0 Å². The van der Waals surface area contributed by atoms with E-state index in [0.717, 1.165) is 11.1 Å². The van der Waals surface area contributed by atoms with Gasteiger partial charge in [-0.15, -0.1) is 0 Å². The third-order valence-electron chi connectivity index (χ3n) is 3.58. The van der Waals surface area contributed by atoms with Crippen LogP contribution in [-0.2, 0) is 20.7 Å². The number of aryl methyl sites for hydroxylation is 1. The van der Waals surface area contributed by atoms with E-state index < -0.39 is 18.0 Å². The average molecular weight is 322 g/mol. The van der Waals surface area contributed by atoms with Crippen LogP contribution in [0.1, 0.15) is 23.6 Å². The van der Waals surface area contributed by atoms with Gasteiger partial charge in [-0.05, 0) is 37.1 Å². The molecule has 0 spiro atoms. The van der Waals surface area contributed by atoms with Gasteiger partial charge in [0.15, 0.2) is 6.10 Å². The molecule has 0 aliphatic rings. The first kappa shape index (κ1) is 17.2. The first-order chi connectivity index (χ1) is 11.5. The Hall–Kier alpha value is -3.13. The van der Waals surface area contributed by atoms with Crippen LogP contribution in [0.4, 0.5) is 5.69 Å². The highest BCUT2D eigenvalue weighted by molar-refractivity contribution is 5.96. The molecule has 1 atom stereocenters. The summed E-state index contributed by atoms with van der Waals surface area (Å²) in [5.74, 6) is -0.948. The molecule has 5 nitrogen and oxygen atoms in total. The van der Waals surface area contributed by atoms with Crippen molar-refractivity contribution < 1.29 is 14.3 Å². The number of hydrogen-bond donors (Lipinski definition) is 1. The second kappa shape index (κ2) is 7.93. The molecule has 0 unspecified atom stereocenters. The van der Waals surface area contributed by atoms with E-state index in [1.165, 1.54) is 6.92 Å². The predicted octanol–water partition coefficient (Wildman–Crippen LogP) is 2.98. The van der Waals surface area contributed by atoms with E-state index in [2.05, 4.69) is 5.32 Å². The van der Waals surface area contributed by atoms with Crippen LogP contribution < -0.4 is 5.32 Å². The average Bonchev–Trinajstić information content (AvgIpc) is 2.57. The highest BCUT2D eigenvalue weighted by atomic mass is 16.5. The first-order valence-corrected chi connectivity index (χ1v) is 7.55. The smallest absolute Gasteiger partial charge is 0.311 e. The fourth-order valence-corrected chi connectivity index (χ4v) is 2.18. The lowest BCUT2D eigenvalue weighted by molar-refractivity contribution is -0.152. The number of hydrogen-bond acceptors (Lipinski definition) is 4. The number of ether oxygens (including phenoxy) is 1. The van der Waals surface area contributed by atoms with Gasteiger partial charge in [-0.3, -0.25) is 9.59 Å². The van der Waals surface area contributed by atoms with Crippen molar-refractivity contribution in [3.05, 3.63) is 65.2 Å². The molecule has 24 heavy (non-hydrogen) atoms. The van der Waals surface area contributed by atoms with Gasteiger partial charge in [0.2, 0.25) is 0 Å². The number of nitrogens with zero attached hydrogens (tertiary/aromatic N) is 1. The van der Waals surface area contributed by atoms with Crippen molar-refractivity contribution in [2.75, 3.05) is 5.32 Å². The number of nitriles is 1. The van der Waals surface area contributed by atoms with Gasteiger partial charge in [0.05, 0.1) is 17.7 Å². The van der Waals surface area contributed by atoms with Crippen molar-refractivity contribution in [2.24, 2.45) is 0 Å². The second-order valence-corrected chi connectivity index (χ2v) is 5.38. The Labute approximate surface area is 140 Å². The number of nitrogens with one attached hydrogen (secondary N) is 1. The lowest BCUT2D eigenvalue weighted by Crippen LogP contribution is -2.30. The highest BCUT2D eigenvalue weighted by Crippen LogP contribution is 2.14. The number of benzene rings is 2. The zero-order valence-corrected chi connectivity index (χ0v) is 13.6. The highest BCUT2D eigenvalue weighted by Gasteiger charge is 2.19. The Morgan fingerprint density at radius 3 is 2.54 bits per heavy atom. The largest absolute Gasteiger partial charge is 0.452 e. The van der Waals surface area contributed by atoms with Crippen LogP contribution in [0, 0.1) is 18.3 Å². The topological polar surface area (TPSA) is 79.2 Å². The number of carbonyl (C=O) groups excluding carboxylic acids is 2. The normalized spacial score (nSPS) is 11.2. The molecule has 122 valence electrons. The summed E-state index contributed by atoms with van der Waals surface area (Å²) in [5.41, 5.74) is 2.61. The van der Waals surface area contributed by atoms with Gasteiger partial charge in [-0.2, -0.15) is 5.26 Å². The van der Waals surface area contributed by atoms with Gasteiger partial charge < -0.3 is 10.1 Å². The molecule has 1 N–H and O–H groups in total. The van der Waals surface area contributed by atoms with Crippen LogP contribution >= 0.6 is 0 Å². The van der Waals surface area contributed by atoms with Gasteiger partial charge in [0, 0.05) is 0 Å². The van der Waals surface area contributed by atoms with Crippen LogP contribution in [0.15, 0.2) is 48.5 Å². The number of esters is 1. The van der Waals surface area contributed by atoms with Crippen LogP contribution in [-0.4, -0.2) is 18.0 Å². The summed E-state index contributed by atoms with van der Waals surface area (Å²) < 4.78 is 5.18. The first-order valence-electron chi connectivity index (χ1n) is 7.55. The summed E-state index contributed by atoms with van der Waals surface area (Å²) in [6.45, 7) is 3.41. The Kier molecular flexibility index (Phi) is 5.69. The Morgan fingerprint density at radius 2 is 1.83 bits per heavy atom. The molecular weight excluding hydrogens is 304 g/mol. The fourth-order valence-electron chi connectivity index (χ4n) is 2.18. The van der Waals surface area contributed by atoms with E-state index >= 15 is 0 Å². The minimum absolute atomic E-state index is 0.110. The molecule has 0 saturated carbocycles. The molecular formula is C19H18N2O3. The zero-order valence-electron chi connectivity index (χ0n) is 13.6. The summed E-state index contributed by atoms with van der Waals surface area (Å²) >= 11 is 0. The molecule has 1 amide bonds. The minimum Gasteiger partial charge on any atom is -0.452 e. The van der Waals surface area contributed by atoms with Crippen molar-refractivity contribution in [1.29, 1.82) is 5.26 Å². The van der Waals surface area contributed by atoms with Crippen molar-refractivity contribution >= 4 is 17.6 Å². The molecule has 0 aliphatic carbocycles. The molecule has 5 heteroatoms. The molecule has 0 fully saturated rings. The molecule has 2 rings (SSSR count). The quantitative estimate of drug-likeness (QED) is 0.858. The molecule has 0 heterocycles. The Bertz CT molecular complexity index is 793. The molecule has 0 aromatic heterocycles. The Balaban J connectivity index is 1.95. The van der Waals surface area contributed by atoms with E-state index in [-0.39, 0.29) is 6.42 Å². The summed E-state index contributed by atoms with van der Waals surface area (Å²) in [6, 6.07) is 16.2.